The van der Waals surface area contributed by atoms with Crippen molar-refractivity contribution in [2.45, 2.75) is 6.61 Å². The molecule has 0 unspecified atom stereocenters. The van der Waals surface area contributed by atoms with Crippen LogP contribution in [0, 0.1) is 0 Å². The fraction of sp³-hybridized carbons (Fsp3) is 0.333. The Hall–Kier alpha value is -1.73. The number of rotatable bonds is 4. The molecule has 7 heteroatoms. The first-order valence-corrected chi connectivity index (χ1v) is 9.14. The number of thioether (sulfide) groups is 1. The minimum absolute atomic E-state index is 0.0445. The minimum atomic E-state index is -0.0445. The maximum absolute atomic E-state index is 12.2. The molecular formula is C15H17N3O2S2. The lowest BCUT2D eigenvalue weighted by atomic mass is 10.3. The third kappa shape index (κ3) is 4.14. The van der Waals surface area contributed by atoms with Crippen molar-refractivity contribution >= 4 is 34.8 Å². The quantitative estimate of drug-likeness (QED) is 0.931. The number of hydrogen-bond donors (Lipinski definition) is 1. The van der Waals surface area contributed by atoms with E-state index in [0.29, 0.717) is 6.61 Å². The molecular weight excluding hydrogens is 318 g/mol. The van der Waals surface area contributed by atoms with E-state index in [2.05, 4.69) is 10.3 Å². The minimum Gasteiger partial charge on any atom is -0.487 e. The molecule has 1 aliphatic rings. The molecule has 1 N–H and O–H groups in total. The summed E-state index contributed by atoms with van der Waals surface area (Å²) in [5, 5.41) is 4.89. The third-order valence-corrected chi connectivity index (χ3v) is 4.83. The van der Waals surface area contributed by atoms with Crippen molar-refractivity contribution in [3.05, 3.63) is 40.8 Å². The second-order valence-electron chi connectivity index (χ2n) is 4.83. The van der Waals surface area contributed by atoms with Crippen molar-refractivity contribution in [3.8, 4) is 5.75 Å². The van der Waals surface area contributed by atoms with E-state index in [1.165, 1.54) is 0 Å². The second kappa shape index (κ2) is 7.51. The van der Waals surface area contributed by atoms with Gasteiger partial charge in [0, 0.05) is 41.7 Å². The average Bonchev–Trinajstić information content (AvgIpc) is 3.08. The maximum atomic E-state index is 12.2. The summed E-state index contributed by atoms with van der Waals surface area (Å²) < 4.78 is 5.69. The molecule has 0 aliphatic carbocycles. The number of nitrogens with zero attached hydrogens (tertiary/aromatic N) is 2. The monoisotopic (exact) mass is 335 g/mol. The van der Waals surface area contributed by atoms with Crippen LogP contribution in [0.3, 0.4) is 0 Å². The number of carbonyl (C=O) groups excluding carboxylic acids is 1. The Morgan fingerprint density at radius 2 is 2.23 bits per heavy atom. The Morgan fingerprint density at radius 3 is 3.00 bits per heavy atom. The van der Waals surface area contributed by atoms with Crippen LogP contribution in [0.15, 0.2) is 35.2 Å². The largest absolute Gasteiger partial charge is 0.487 e. The van der Waals surface area contributed by atoms with Gasteiger partial charge in [-0.1, -0.05) is 6.07 Å². The van der Waals surface area contributed by atoms with E-state index in [1.54, 1.807) is 16.8 Å². The molecule has 1 aliphatic heterocycles. The van der Waals surface area contributed by atoms with Crippen LogP contribution in [0.4, 0.5) is 10.5 Å². The third-order valence-electron chi connectivity index (χ3n) is 3.25. The summed E-state index contributed by atoms with van der Waals surface area (Å²) in [6, 6.07) is 7.41. The van der Waals surface area contributed by atoms with E-state index in [4.69, 9.17) is 4.74 Å². The Labute approximate surface area is 137 Å². The first kappa shape index (κ1) is 15.2. The molecule has 0 radical (unpaired) electrons. The molecule has 1 aromatic heterocycles. The molecule has 22 heavy (non-hydrogen) atoms. The molecule has 2 heterocycles. The summed E-state index contributed by atoms with van der Waals surface area (Å²) in [5.74, 6) is 2.73. The zero-order valence-corrected chi connectivity index (χ0v) is 13.7. The van der Waals surface area contributed by atoms with Gasteiger partial charge in [-0.3, -0.25) is 0 Å². The van der Waals surface area contributed by atoms with Crippen molar-refractivity contribution in [3.63, 3.8) is 0 Å². The molecule has 116 valence electrons. The van der Waals surface area contributed by atoms with Gasteiger partial charge in [-0.2, -0.15) is 11.8 Å². The van der Waals surface area contributed by atoms with E-state index in [1.807, 2.05) is 46.3 Å². The van der Waals surface area contributed by atoms with Crippen molar-refractivity contribution in [2.24, 2.45) is 0 Å². The van der Waals surface area contributed by atoms with E-state index in [0.717, 1.165) is 41.7 Å². The van der Waals surface area contributed by atoms with Crippen molar-refractivity contribution in [1.82, 2.24) is 9.88 Å². The number of benzene rings is 1. The fourth-order valence-electron chi connectivity index (χ4n) is 2.10. The molecule has 2 amide bonds. The van der Waals surface area contributed by atoms with Crippen LogP contribution >= 0.6 is 23.1 Å². The summed E-state index contributed by atoms with van der Waals surface area (Å²) >= 11 is 3.43. The van der Waals surface area contributed by atoms with Gasteiger partial charge in [0.25, 0.3) is 0 Å². The molecule has 2 aromatic rings. The van der Waals surface area contributed by atoms with Gasteiger partial charge in [0.1, 0.15) is 12.4 Å². The highest BCUT2D eigenvalue weighted by atomic mass is 32.2. The van der Waals surface area contributed by atoms with Crippen molar-refractivity contribution in [2.75, 3.05) is 29.9 Å². The highest BCUT2D eigenvalue weighted by molar-refractivity contribution is 7.99. The molecule has 0 spiro atoms. The van der Waals surface area contributed by atoms with Crippen LogP contribution in [-0.4, -0.2) is 40.5 Å². The highest BCUT2D eigenvalue weighted by Gasteiger charge is 2.16. The summed E-state index contributed by atoms with van der Waals surface area (Å²) in [6.45, 7) is 2.04. The van der Waals surface area contributed by atoms with Gasteiger partial charge in [-0.05, 0) is 12.1 Å². The normalized spacial score (nSPS) is 14.6. The topological polar surface area (TPSA) is 54.5 Å². The summed E-state index contributed by atoms with van der Waals surface area (Å²) in [6.07, 6.45) is 0. The van der Waals surface area contributed by atoms with Crippen LogP contribution in [-0.2, 0) is 6.61 Å². The van der Waals surface area contributed by atoms with E-state index >= 15 is 0 Å². The van der Waals surface area contributed by atoms with Crippen LogP contribution in [0.1, 0.15) is 5.69 Å². The Bertz CT molecular complexity index is 613. The number of nitrogens with one attached hydrogen (secondary N) is 1. The van der Waals surface area contributed by atoms with Crippen LogP contribution in [0.2, 0.25) is 0 Å². The Balaban J connectivity index is 1.57. The molecule has 5 nitrogen and oxygen atoms in total. The van der Waals surface area contributed by atoms with Gasteiger partial charge in [0.2, 0.25) is 0 Å². The van der Waals surface area contributed by atoms with Crippen molar-refractivity contribution in [1.29, 1.82) is 0 Å². The number of hydrogen-bond acceptors (Lipinski definition) is 5. The van der Waals surface area contributed by atoms with Crippen LogP contribution in [0.25, 0.3) is 0 Å². The number of ether oxygens (including phenoxy) is 1. The predicted octanol–water partition coefficient (Wildman–Crippen LogP) is 3.30. The smallest absolute Gasteiger partial charge is 0.321 e. The lowest BCUT2D eigenvalue weighted by molar-refractivity contribution is 0.217. The molecule has 1 saturated heterocycles. The van der Waals surface area contributed by atoms with E-state index < -0.39 is 0 Å². The number of amides is 2. The SMILES string of the molecule is O=C(Nc1cccc(OCc2cscn2)c1)N1CCSCC1. The predicted molar refractivity (Wildman–Crippen MR) is 90.8 cm³/mol. The first-order valence-electron chi connectivity index (χ1n) is 7.05. The number of aromatic nitrogens is 1. The van der Waals surface area contributed by atoms with Gasteiger partial charge >= 0.3 is 6.03 Å². The summed E-state index contributed by atoms with van der Waals surface area (Å²) in [5.41, 5.74) is 3.44. The lowest BCUT2D eigenvalue weighted by Crippen LogP contribution is -2.40. The van der Waals surface area contributed by atoms with Gasteiger partial charge in [0.05, 0.1) is 11.2 Å². The van der Waals surface area contributed by atoms with Crippen LogP contribution in [0.5, 0.6) is 5.75 Å². The first-order chi connectivity index (χ1) is 10.8. The summed E-state index contributed by atoms with van der Waals surface area (Å²) in [7, 11) is 0. The molecule has 3 rings (SSSR count). The molecule has 0 bridgehead atoms. The lowest BCUT2D eigenvalue weighted by Gasteiger charge is -2.26. The van der Waals surface area contributed by atoms with Crippen LogP contribution < -0.4 is 10.1 Å². The molecule has 0 saturated carbocycles. The molecule has 1 aromatic carbocycles. The number of urea groups is 1. The van der Waals surface area contributed by atoms with Gasteiger partial charge in [-0.25, -0.2) is 9.78 Å². The molecule has 1 fully saturated rings. The van der Waals surface area contributed by atoms with E-state index in [9.17, 15) is 4.79 Å². The molecule has 0 atom stereocenters. The highest BCUT2D eigenvalue weighted by Crippen LogP contribution is 2.19. The Morgan fingerprint density at radius 1 is 1.36 bits per heavy atom. The number of carbonyl (C=O) groups is 1. The van der Waals surface area contributed by atoms with Gasteiger partial charge in [-0.15, -0.1) is 11.3 Å². The van der Waals surface area contributed by atoms with Gasteiger partial charge in [0.15, 0.2) is 0 Å². The average molecular weight is 335 g/mol. The fourth-order valence-corrected chi connectivity index (χ4v) is 3.54. The van der Waals surface area contributed by atoms with Crippen molar-refractivity contribution < 1.29 is 9.53 Å². The Kier molecular flexibility index (Phi) is 5.18. The van der Waals surface area contributed by atoms with Gasteiger partial charge < -0.3 is 15.0 Å². The zero-order chi connectivity index (χ0) is 15.2. The second-order valence-corrected chi connectivity index (χ2v) is 6.77. The number of thiazole rings is 1. The van der Waals surface area contributed by atoms with E-state index in [-0.39, 0.29) is 6.03 Å². The standard InChI is InChI=1S/C15H17N3O2S2/c19-15(18-4-6-21-7-5-18)17-12-2-1-3-14(8-12)20-9-13-10-22-11-16-13/h1-3,8,10-11H,4-7,9H2,(H,17,19). The summed E-state index contributed by atoms with van der Waals surface area (Å²) in [4.78, 5) is 18.2. The maximum Gasteiger partial charge on any atom is 0.321 e. The number of anilines is 1. The zero-order valence-electron chi connectivity index (χ0n) is 12.0.